The van der Waals surface area contributed by atoms with Crippen LogP contribution in [0.15, 0.2) is 16.7 Å². The average Bonchev–Trinajstić information content (AvgIpc) is 2.44. The lowest BCUT2D eigenvalue weighted by Gasteiger charge is -2.47. The molecule has 2 nitrogen and oxygen atoms in total. The van der Waals surface area contributed by atoms with Gasteiger partial charge >= 0.3 is 0 Å². The number of aromatic nitrogens is 1. The molecule has 0 aromatic carbocycles. The van der Waals surface area contributed by atoms with Crippen LogP contribution in [0, 0.1) is 23.7 Å². The molecule has 3 heteroatoms. The van der Waals surface area contributed by atoms with E-state index < -0.39 is 0 Å². The Hall–Kier alpha value is -0.700. The Morgan fingerprint density at radius 3 is 2.88 bits per heavy atom. The van der Waals surface area contributed by atoms with Crippen molar-refractivity contribution in [1.82, 2.24) is 4.98 Å². The number of Topliss-reactive ketones (excluding diaryl/α,β-unsaturated/α-hetero) is 1. The predicted molar refractivity (Wildman–Crippen MR) is 69.9 cm³/mol. The fourth-order valence-electron chi connectivity index (χ4n) is 3.54. The van der Waals surface area contributed by atoms with Crippen LogP contribution in [-0.4, -0.2) is 10.8 Å². The molecule has 0 radical (unpaired) electrons. The highest BCUT2D eigenvalue weighted by atomic mass is 79.9. The zero-order chi connectivity index (χ0) is 12.2. The highest BCUT2D eigenvalue weighted by Gasteiger charge is 2.50. The Kier molecular flexibility index (Phi) is 2.62. The van der Waals surface area contributed by atoms with Gasteiger partial charge in [0.2, 0.25) is 0 Å². The van der Waals surface area contributed by atoms with Crippen LogP contribution in [0.2, 0.25) is 0 Å². The summed E-state index contributed by atoms with van der Waals surface area (Å²) in [6.07, 6.45) is 3.86. The number of aryl methyl sites for hydroxylation is 1. The van der Waals surface area contributed by atoms with Crippen LogP contribution in [0.4, 0.5) is 0 Å². The quantitative estimate of drug-likeness (QED) is 0.733. The summed E-state index contributed by atoms with van der Waals surface area (Å²) in [4.78, 5) is 16.8. The molecule has 0 aliphatic heterocycles. The summed E-state index contributed by atoms with van der Waals surface area (Å²) in [5.41, 5.74) is 1.85. The number of halogens is 1. The monoisotopic (exact) mass is 293 g/mol. The highest BCUT2D eigenvalue weighted by molar-refractivity contribution is 9.10. The van der Waals surface area contributed by atoms with E-state index in [0.717, 1.165) is 28.6 Å². The summed E-state index contributed by atoms with van der Waals surface area (Å²) in [5, 5.41) is 0. The summed E-state index contributed by atoms with van der Waals surface area (Å²) in [6.45, 7) is 4.48. The molecule has 17 heavy (non-hydrogen) atoms. The maximum atomic E-state index is 12.5. The van der Waals surface area contributed by atoms with Gasteiger partial charge in [0.15, 0.2) is 5.78 Å². The van der Waals surface area contributed by atoms with Gasteiger partial charge in [0.05, 0.1) is 0 Å². The highest BCUT2D eigenvalue weighted by Crippen LogP contribution is 2.50. The fourth-order valence-corrected chi connectivity index (χ4v) is 3.92. The van der Waals surface area contributed by atoms with Crippen LogP contribution in [-0.2, 0) is 6.42 Å². The van der Waals surface area contributed by atoms with Crippen molar-refractivity contribution in [3.63, 3.8) is 0 Å². The van der Waals surface area contributed by atoms with Gasteiger partial charge in [0, 0.05) is 16.6 Å². The molecule has 1 aromatic rings. The van der Waals surface area contributed by atoms with Crippen molar-refractivity contribution in [2.75, 3.05) is 0 Å². The van der Waals surface area contributed by atoms with Gasteiger partial charge in [-0.3, -0.25) is 9.78 Å². The van der Waals surface area contributed by atoms with Gasteiger partial charge in [0.1, 0.15) is 5.69 Å². The van der Waals surface area contributed by atoms with Gasteiger partial charge in [-0.25, -0.2) is 0 Å². The van der Waals surface area contributed by atoms with Crippen LogP contribution < -0.4 is 0 Å². The molecule has 1 aromatic heterocycles. The minimum absolute atomic E-state index is 0.222. The van der Waals surface area contributed by atoms with E-state index >= 15 is 0 Å². The third-order valence-corrected chi connectivity index (χ3v) is 5.18. The number of hydrogen-bond acceptors (Lipinski definition) is 2. The average molecular weight is 294 g/mol. The van der Waals surface area contributed by atoms with Crippen LogP contribution in [0.25, 0.3) is 0 Å². The Morgan fingerprint density at radius 2 is 2.12 bits per heavy atom. The van der Waals surface area contributed by atoms with Gasteiger partial charge in [0.25, 0.3) is 0 Å². The van der Waals surface area contributed by atoms with E-state index in [1.54, 1.807) is 6.20 Å². The molecule has 4 atom stereocenters. The SMILES string of the molecule is CC1C(C)C2C(=O)c3ncc(Br)cc3CCC12. The fraction of sp³-hybridized carbons (Fsp3) is 0.571. The number of carbonyl (C=O) groups excluding carboxylic acids is 1. The van der Waals surface area contributed by atoms with Crippen molar-refractivity contribution >= 4 is 21.7 Å². The van der Waals surface area contributed by atoms with E-state index in [1.807, 2.05) is 0 Å². The summed E-state index contributed by atoms with van der Waals surface area (Å²) in [7, 11) is 0. The summed E-state index contributed by atoms with van der Waals surface area (Å²) >= 11 is 3.43. The zero-order valence-corrected chi connectivity index (χ0v) is 11.7. The Labute approximate surface area is 110 Å². The lowest BCUT2D eigenvalue weighted by molar-refractivity contribution is 0.00747. The van der Waals surface area contributed by atoms with Crippen molar-refractivity contribution in [3.8, 4) is 0 Å². The number of fused-ring (bicyclic) bond motifs is 2. The molecule has 2 aliphatic carbocycles. The normalized spacial score (nSPS) is 35.6. The molecule has 0 amide bonds. The van der Waals surface area contributed by atoms with Gasteiger partial charge in [-0.15, -0.1) is 0 Å². The number of carbonyl (C=O) groups is 1. The lowest BCUT2D eigenvalue weighted by Crippen LogP contribution is -2.47. The standard InChI is InChI=1S/C14H16BrNO/c1-7-8(2)12-11(7)4-3-9-5-10(15)6-16-13(9)14(12)17/h5-8,11-12H,3-4H2,1-2H3. The Morgan fingerprint density at radius 1 is 1.35 bits per heavy atom. The predicted octanol–water partition coefficient (Wildman–Crippen LogP) is 3.49. The third-order valence-electron chi connectivity index (χ3n) is 4.75. The van der Waals surface area contributed by atoms with Crippen molar-refractivity contribution in [1.29, 1.82) is 0 Å². The Bertz CT molecular complexity index is 485. The smallest absolute Gasteiger partial charge is 0.185 e. The minimum Gasteiger partial charge on any atom is -0.292 e. The van der Waals surface area contributed by atoms with E-state index in [1.165, 1.54) is 0 Å². The Balaban J connectivity index is 2.03. The van der Waals surface area contributed by atoms with Crippen molar-refractivity contribution in [2.24, 2.45) is 23.7 Å². The van der Waals surface area contributed by atoms with Gasteiger partial charge < -0.3 is 0 Å². The topological polar surface area (TPSA) is 30.0 Å². The number of ketones is 1. The second-order valence-electron chi connectivity index (χ2n) is 5.47. The lowest BCUT2D eigenvalue weighted by atomic mass is 9.56. The molecule has 2 aliphatic rings. The van der Waals surface area contributed by atoms with Crippen molar-refractivity contribution in [2.45, 2.75) is 26.7 Å². The maximum absolute atomic E-state index is 12.5. The number of rotatable bonds is 0. The van der Waals surface area contributed by atoms with E-state index in [4.69, 9.17) is 0 Å². The molecule has 1 saturated carbocycles. The molecular weight excluding hydrogens is 278 g/mol. The van der Waals surface area contributed by atoms with Gasteiger partial charge in [-0.2, -0.15) is 0 Å². The maximum Gasteiger partial charge on any atom is 0.185 e. The molecule has 3 rings (SSSR count). The van der Waals surface area contributed by atoms with Crippen LogP contribution >= 0.6 is 15.9 Å². The van der Waals surface area contributed by atoms with Gasteiger partial charge in [-0.05, 0) is 58.2 Å². The first kappa shape index (κ1) is 11.4. The number of nitrogens with zero attached hydrogens (tertiary/aromatic N) is 1. The van der Waals surface area contributed by atoms with E-state index in [-0.39, 0.29) is 11.7 Å². The molecule has 1 fully saturated rings. The third kappa shape index (κ3) is 1.59. The summed E-state index contributed by atoms with van der Waals surface area (Å²) < 4.78 is 0.972. The molecule has 0 bridgehead atoms. The van der Waals surface area contributed by atoms with Crippen molar-refractivity contribution < 1.29 is 4.79 Å². The number of pyridine rings is 1. The number of hydrogen-bond donors (Lipinski definition) is 0. The molecule has 0 N–H and O–H groups in total. The molecule has 0 spiro atoms. The second kappa shape index (κ2) is 3.91. The van der Waals surface area contributed by atoms with Gasteiger partial charge in [-0.1, -0.05) is 13.8 Å². The first-order valence-corrected chi connectivity index (χ1v) is 7.07. The first-order chi connectivity index (χ1) is 8.09. The zero-order valence-electron chi connectivity index (χ0n) is 10.1. The van der Waals surface area contributed by atoms with Crippen LogP contribution in [0.1, 0.15) is 36.3 Å². The van der Waals surface area contributed by atoms with Crippen LogP contribution in [0.5, 0.6) is 0 Å². The molecule has 1 heterocycles. The summed E-state index contributed by atoms with van der Waals surface area (Å²) in [5.74, 6) is 2.27. The van der Waals surface area contributed by atoms with E-state index in [9.17, 15) is 4.79 Å². The largest absolute Gasteiger partial charge is 0.292 e. The molecule has 90 valence electrons. The van der Waals surface area contributed by atoms with Crippen LogP contribution in [0.3, 0.4) is 0 Å². The van der Waals surface area contributed by atoms with E-state index in [2.05, 4.69) is 40.8 Å². The summed E-state index contributed by atoms with van der Waals surface area (Å²) in [6, 6.07) is 2.06. The minimum atomic E-state index is 0.222. The molecular formula is C14H16BrNO. The van der Waals surface area contributed by atoms with Crippen molar-refractivity contribution in [3.05, 3.63) is 28.0 Å². The first-order valence-electron chi connectivity index (χ1n) is 6.28. The molecule has 4 unspecified atom stereocenters. The second-order valence-corrected chi connectivity index (χ2v) is 6.39. The van der Waals surface area contributed by atoms with E-state index in [0.29, 0.717) is 17.8 Å². The molecule has 0 saturated heterocycles.